The first-order valence-electron chi connectivity index (χ1n) is 6.10. The quantitative estimate of drug-likeness (QED) is 0.219. The van der Waals surface area contributed by atoms with Gasteiger partial charge in [-0.15, -0.1) is 0 Å². The van der Waals surface area contributed by atoms with Crippen LogP contribution in [-0.4, -0.2) is 54.9 Å². The van der Waals surface area contributed by atoms with Crippen LogP contribution in [-0.2, 0) is 21.8 Å². The van der Waals surface area contributed by atoms with Crippen molar-refractivity contribution >= 4 is 62.8 Å². The average Bonchev–Trinajstić information content (AvgIpc) is 2.48. The molecule has 116 valence electrons. The second-order valence-electron chi connectivity index (χ2n) is 3.87. The van der Waals surface area contributed by atoms with Gasteiger partial charge in [0.2, 0.25) is 0 Å². The van der Waals surface area contributed by atoms with Crippen molar-refractivity contribution in [2.75, 3.05) is 37.3 Å². The van der Waals surface area contributed by atoms with E-state index < -0.39 is 17.6 Å². The Morgan fingerprint density at radius 1 is 0.684 bits per heavy atom. The van der Waals surface area contributed by atoms with Gasteiger partial charge >= 0.3 is 17.6 Å². The normalized spacial score (nSPS) is 12.9. The molecule has 0 heterocycles. The molecule has 0 atom stereocenters. The zero-order chi connectivity index (χ0) is 14.8. The summed E-state index contributed by atoms with van der Waals surface area (Å²) in [5.41, 5.74) is 0. The molecule has 0 unspecified atom stereocenters. The molecule has 0 aromatic rings. The van der Waals surface area contributed by atoms with E-state index >= 15 is 0 Å². The van der Waals surface area contributed by atoms with E-state index in [4.69, 9.17) is 21.8 Å². The maximum Gasteiger partial charge on any atom is 0.493 e. The van der Waals surface area contributed by atoms with Gasteiger partial charge in [0, 0.05) is 40.5 Å². The van der Waals surface area contributed by atoms with Crippen LogP contribution in [0.2, 0.25) is 12.1 Å². The van der Waals surface area contributed by atoms with E-state index in [1.165, 1.54) is 0 Å². The molecule has 0 bridgehead atoms. The molecule has 0 spiro atoms. The molecule has 0 rings (SSSR count). The summed E-state index contributed by atoms with van der Waals surface area (Å²) in [6.45, 7) is 0. The molecule has 0 N–H and O–H groups in total. The van der Waals surface area contributed by atoms with Crippen LogP contribution < -0.4 is 0 Å². The topological polar surface area (TPSA) is 46.2 Å². The molecule has 0 fully saturated rings. The number of rotatable bonds is 12. The minimum atomic E-state index is -2.69. The van der Waals surface area contributed by atoms with E-state index in [2.05, 4.69) is 45.2 Å². The van der Waals surface area contributed by atoms with Gasteiger partial charge in [0.1, 0.15) is 0 Å². The van der Waals surface area contributed by atoms with Crippen molar-refractivity contribution in [3.63, 3.8) is 0 Å². The Hall–Kier alpha value is 1.69. The molecule has 0 aliphatic carbocycles. The summed E-state index contributed by atoms with van der Waals surface area (Å²) in [6, 6.07) is 1.57. The summed E-state index contributed by atoms with van der Waals surface area (Å²) in [5.74, 6) is 0. The fourth-order valence-corrected chi connectivity index (χ4v) is 10.3. The monoisotopic (exact) mass is 534 g/mol. The average molecular weight is 534 g/mol. The zero-order valence-corrected chi connectivity index (χ0v) is 18.4. The molecule has 0 aromatic heterocycles. The lowest BCUT2D eigenvalue weighted by atomic mass is 10.6. The smallest absolute Gasteiger partial charge is 0.377 e. The van der Waals surface area contributed by atoms with Crippen LogP contribution in [0.1, 0.15) is 12.8 Å². The van der Waals surface area contributed by atoms with Crippen LogP contribution in [0.4, 0.5) is 0 Å². The summed E-state index contributed by atoms with van der Waals surface area (Å²) in [7, 11) is 1.20. The molecule has 5 nitrogen and oxygen atoms in total. The van der Waals surface area contributed by atoms with Gasteiger partial charge in [-0.25, -0.2) is 0 Å². The number of hydrogen-bond acceptors (Lipinski definition) is 5. The summed E-state index contributed by atoms with van der Waals surface area (Å²) in [6.07, 6.45) is 2.00. The second-order valence-corrected chi connectivity index (χ2v) is 12.2. The SMILES string of the molecule is CO[Si](CCCI)(OC)O[Si](CCCI)(OC)OC. The maximum atomic E-state index is 6.21. The van der Waals surface area contributed by atoms with E-state index in [0.717, 1.165) is 33.8 Å². The lowest BCUT2D eigenvalue weighted by Gasteiger charge is -2.35. The third-order valence-electron chi connectivity index (χ3n) is 2.79. The Morgan fingerprint density at radius 2 is 1.00 bits per heavy atom. The van der Waals surface area contributed by atoms with Gasteiger partial charge in [0.15, 0.2) is 0 Å². The van der Waals surface area contributed by atoms with Crippen LogP contribution >= 0.6 is 45.2 Å². The Bertz CT molecular complexity index is 206. The highest BCUT2D eigenvalue weighted by Crippen LogP contribution is 2.26. The van der Waals surface area contributed by atoms with Crippen LogP contribution in [0.15, 0.2) is 0 Å². The van der Waals surface area contributed by atoms with Gasteiger partial charge in [0.05, 0.1) is 0 Å². The highest BCUT2D eigenvalue weighted by atomic mass is 127. The molecule has 0 saturated carbocycles. The molecule has 0 amide bonds. The molecular weight excluding hydrogens is 510 g/mol. The van der Waals surface area contributed by atoms with E-state index in [9.17, 15) is 0 Å². The predicted octanol–water partition coefficient (Wildman–Crippen LogP) is 3.12. The van der Waals surface area contributed by atoms with Crippen molar-refractivity contribution < 1.29 is 21.8 Å². The van der Waals surface area contributed by atoms with Crippen LogP contribution in [0.25, 0.3) is 0 Å². The van der Waals surface area contributed by atoms with Gasteiger partial charge in [-0.3, -0.25) is 0 Å². The summed E-state index contributed by atoms with van der Waals surface area (Å²) < 4.78 is 30.7. The van der Waals surface area contributed by atoms with Gasteiger partial charge in [-0.1, -0.05) is 45.2 Å². The lowest BCUT2D eigenvalue weighted by Crippen LogP contribution is -2.57. The van der Waals surface area contributed by atoms with Crippen molar-refractivity contribution in [1.82, 2.24) is 0 Å². The molecule has 19 heavy (non-hydrogen) atoms. The Balaban J connectivity index is 4.90. The first-order chi connectivity index (χ1) is 9.07. The molecule has 0 aromatic carbocycles. The highest BCUT2D eigenvalue weighted by molar-refractivity contribution is 14.1. The van der Waals surface area contributed by atoms with Crippen molar-refractivity contribution in [2.24, 2.45) is 0 Å². The van der Waals surface area contributed by atoms with Crippen LogP contribution in [0.3, 0.4) is 0 Å². The van der Waals surface area contributed by atoms with E-state index in [0.29, 0.717) is 0 Å². The summed E-state index contributed by atoms with van der Waals surface area (Å²) in [5, 5.41) is 0. The minimum absolute atomic E-state index is 0.786. The number of alkyl halides is 2. The largest absolute Gasteiger partial charge is 0.493 e. The van der Waals surface area contributed by atoms with Gasteiger partial charge < -0.3 is 21.8 Å². The molecule has 0 aliphatic heterocycles. The van der Waals surface area contributed by atoms with Crippen LogP contribution in [0, 0.1) is 0 Å². The van der Waals surface area contributed by atoms with E-state index in [1.807, 2.05) is 0 Å². The fourth-order valence-electron chi connectivity index (χ4n) is 1.65. The molecule has 9 heteroatoms. The Kier molecular flexibility index (Phi) is 12.3. The molecule has 0 aliphatic rings. The fraction of sp³-hybridized carbons (Fsp3) is 1.00. The third-order valence-corrected chi connectivity index (χ3v) is 11.2. The first-order valence-corrected chi connectivity index (χ1v) is 13.0. The summed E-state index contributed by atoms with van der Waals surface area (Å²) in [4.78, 5) is 0. The first kappa shape index (κ1) is 20.7. The van der Waals surface area contributed by atoms with Crippen LogP contribution in [0.5, 0.6) is 0 Å². The second kappa shape index (κ2) is 11.3. The van der Waals surface area contributed by atoms with Gasteiger partial charge in [-0.05, 0) is 21.7 Å². The van der Waals surface area contributed by atoms with Crippen molar-refractivity contribution in [3.05, 3.63) is 0 Å². The summed E-state index contributed by atoms with van der Waals surface area (Å²) >= 11 is 4.68. The standard InChI is InChI=1S/C10H24I2O5Si2/c1-13-18(14-2,9-5-7-11)17-19(15-3,16-4)10-6-8-12/h5-10H2,1-4H3. The zero-order valence-electron chi connectivity index (χ0n) is 12.0. The molecule has 0 saturated heterocycles. The lowest BCUT2D eigenvalue weighted by molar-refractivity contribution is 0.0866. The van der Waals surface area contributed by atoms with Gasteiger partial charge in [0.25, 0.3) is 0 Å². The van der Waals surface area contributed by atoms with Crippen molar-refractivity contribution in [3.8, 4) is 0 Å². The number of halogens is 2. The maximum absolute atomic E-state index is 6.21. The van der Waals surface area contributed by atoms with Crippen molar-refractivity contribution in [2.45, 2.75) is 24.9 Å². The minimum Gasteiger partial charge on any atom is -0.377 e. The van der Waals surface area contributed by atoms with Gasteiger partial charge in [-0.2, -0.15) is 0 Å². The van der Waals surface area contributed by atoms with Crippen molar-refractivity contribution in [1.29, 1.82) is 0 Å². The van der Waals surface area contributed by atoms with E-state index in [1.54, 1.807) is 28.4 Å². The Morgan fingerprint density at radius 3 is 1.21 bits per heavy atom. The number of hydrogen-bond donors (Lipinski definition) is 0. The van der Waals surface area contributed by atoms with E-state index in [-0.39, 0.29) is 0 Å². The highest BCUT2D eigenvalue weighted by Gasteiger charge is 2.51. The Labute approximate surface area is 146 Å². The molecular formula is C10H24I2O5Si2. The predicted molar refractivity (Wildman–Crippen MR) is 97.3 cm³/mol. The third kappa shape index (κ3) is 6.99. The molecule has 0 radical (unpaired) electrons.